The minimum Gasteiger partial charge on any atom is -0.444 e. The molecule has 0 saturated carbocycles. The fourth-order valence-electron chi connectivity index (χ4n) is 4.73. The molecule has 2 aromatic carbocycles. The Bertz CT molecular complexity index is 985. The number of hydrogen-bond acceptors (Lipinski definition) is 3. The van der Waals surface area contributed by atoms with Crippen LogP contribution in [0, 0.1) is 5.41 Å². The van der Waals surface area contributed by atoms with E-state index in [1.807, 2.05) is 20.8 Å². The predicted octanol–water partition coefficient (Wildman–Crippen LogP) is 7.96. The Morgan fingerprint density at radius 2 is 1.52 bits per heavy atom. The highest BCUT2D eigenvalue weighted by atomic mass is 35.5. The number of aliphatic hydroxyl groups is 1. The minimum atomic E-state index is -1.51. The number of ether oxygens (including phenoxy) is 1. The molecule has 1 saturated heterocycles. The van der Waals surface area contributed by atoms with Crippen LogP contribution in [-0.4, -0.2) is 34.8 Å². The van der Waals surface area contributed by atoms with Gasteiger partial charge < -0.3 is 14.7 Å². The molecule has 1 aliphatic heterocycles. The molecule has 0 radical (unpaired) electrons. The van der Waals surface area contributed by atoms with Crippen LogP contribution in [0.4, 0.5) is 4.79 Å². The number of nitrogens with zero attached hydrogens (tertiary/aromatic N) is 1. The van der Waals surface area contributed by atoms with Gasteiger partial charge in [-0.3, -0.25) is 0 Å². The second-order valence-electron chi connectivity index (χ2n) is 9.65. The van der Waals surface area contributed by atoms with Gasteiger partial charge in [0.2, 0.25) is 0 Å². The quantitative estimate of drug-likeness (QED) is 0.424. The number of amides is 1. The van der Waals surface area contributed by atoms with E-state index < -0.39 is 22.7 Å². The van der Waals surface area contributed by atoms with Gasteiger partial charge in [0.25, 0.3) is 0 Å². The van der Waals surface area contributed by atoms with E-state index in [4.69, 9.17) is 51.1 Å². The van der Waals surface area contributed by atoms with Gasteiger partial charge in [0.05, 0.1) is 20.1 Å². The first-order valence-corrected chi connectivity index (χ1v) is 12.5. The zero-order valence-corrected chi connectivity index (χ0v) is 22.2. The molecule has 33 heavy (non-hydrogen) atoms. The summed E-state index contributed by atoms with van der Waals surface area (Å²) in [6, 6.07) is 10.2. The summed E-state index contributed by atoms with van der Waals surface area (Å²) in [4.78, 5) is 14.6. The van der Waals surface area contributed by atoms with Gasteiger partial charge in [0, 0.05) is 18.5 Å². The number of carbonyl (C=O) groups excluding carboxylic acids is 1. The maximum atomic E-state index is 12.9. The van der Waals surface area contributed by atoms with Gasteiger partial charge in [0.1, 0.15) is 11.2 Å². The zero-order chi connectivity index (χ0) is 24.6. The third kappa shape index (κ3) is 5.26. The molecule has 4 nitrogen and oxygen atoms in total. The SMILES string of the molecule is CCC[C@]1(C(O)(c2ccc(Cl)c(Cl)c2)c2ccc(Cl)c(Cl)c2)CCN(C(=O)OC(C)(C)C)C1. The molecular weight excluding hydrogens is 504 g/mol. The summed E-state index contributed by atoms with van der Waals surface area (Å²) in [5.74, 6) is 0. The summed E-state index contributed by atoms with van der Waals surface area (Å²) in [5, 5.41) is 14.1. The van der Waals surface area contributed by atoms with Gasteiger partial charge in [-0.15, -0.1) is 0 Å². The Kier molecular flexibility index (Phi) is 7.87. The fraction of sp³-hybridized carbons (Fsp3) is 0.480. The Hall–Kier alpha value is -1.17. The van der Waals surface area contributed by atoms with E-state index in [0.717, 1.165) is 6.42 Å². The summed E-state index contributed by atoms with van der Waals surface area (Å²) in [5.41, 5.74) is -1.68. The van der Waals surface area contributed by atoms with Crippen LogP contribution in [0.25, 0.3) is 0 Å². The zero-order valence-electron chi connectivity index (χ0n) is 19.2. The van der Waals surface area contributed by atoms with E-state index in [2.05, 4.69) is 6.92 Å². The maximum absolute atomic E-state index is 12.9. The lowest BCUT2D eigenvalue weighted by Gasteiger charge is -2.46. The lowest BCUT2D eigenvalue weighted by molar-refractivity contribution is -0.0586. The molecule has 3 rings (SSSR count). The lowest BCUT2D eigenvalue weighted by atomic mass is 9.62. The van der Waals surface area contributed by atoms with Crippen molar-refractivity contribution in [1.82, 2.24) is 4.90 Å². The van der Waals surface area contributed by atoms with Crippen LogP contribution in [0.1, 0.15) is 58.1 Å². The van der Waals surface area contributed by atoms with Crippen molar-refractivity contribution in [3.05, 3.63) is 67.6 Å². The van der Waals surface area contributed by atoms with Crippen molar-refractivity contribution in [2.75, 3.05) is 13.1 Å². The molecule has 1 atom stereocenters. The van der Waals surface area contributed by atoms with E-state index in [1.54, 1.807) is 41.3 Å². The van der Waals surface area contributed by atoms with Crippen molar-refractivity contribution in [2.24, 2.45) is 5.41 Å². The first-order chi connectivity index (χ1) is 15.3. The normalized spacial score (nSPS) is 19.1. The fourth-order valence-corrected chi connectivity index (χ4v) is 5.33. The lowest BCUT2D eigenvalue weighted by Crippen LogP contribution is -2.49. The molecular formula is C25H29Cl4NO3. The number of likely N-dealkylation sites (tertiary alicyclic amines) is 1. The first kappa shape index (κ1) is 26.4. The average Bonchev–Trinajstić information content (AvgIpc) is 3.16. The summed E-state index contributed by atoms with van der Waals surface area (Å²) in [6.45, 7) is 8.33. The molecule has 0 aromatic heterocycles. The molecule has 0 aliphatic carbocycles. The number of rotatable bonds is 5. The van der Waals surface area contributed by atoms with E-state index in [-0.39, 0.29) is 0 Å². The highest BCUT2D eigenvalue weighted by Crippen LogP contribution is 2.54. The van der Waals surface area contributed by atoms with Crippen molar-refractivity contribution in [1.29, 1.82) is 0 Å². The van der Waals surface area contributed by atoms with Crippen LogP contribution in [0.3, 0.4) is 0 Å². The molecule has 180 valence electrons. The molecule has 1 aliphatic rings. The molecule has 1 amide bonds. The van der Waals surface area contributed by atoms with Crippen molar-refractivity contribution >= 4 is 52.5 Å². The number of hydrogen-bond donors (Lipinski definition) is 1. The Labute approximate surface area is 215 Å². The molecule has 0 bridgehead atoms. The van der Waals surface area contributed by atoms with Gasteiger partial charge >= 0.3 is 6.09 Å². The summed E-state index contributed by atoms with van der Waals surface area (Å²) >= 11 is 25.1. The van der Waals surface area contributed by atoms with Gasteiger partial charge in [-0.1, -0.05) is 71.9 Å². The second-order valence-corrected chi connectivity index (χ2v) is 11.3. The molecule has 8 heteroatoms. The monoisotopic (exact) mass is 531 g/mol. The van der Waals surface area contributed by atoms with Crippen molar-refractivity contribution in [2.45, 2.75) is 58.2 Å². The van der Waals surface area contributed by atoms with Crippen LogP contribution in [-0.2, 0) is 10.3 Å². The van der Waals surface area contributed by atoms with Crippen molar-refractivity contribution in [3.63, 3.8) is 0 Å². The van der Waals surface area contributed by atoms with Crippen LogP contribution in [0.15, 0.2) is 36.4 Å². The van der Waals surface area contributed by atoms with Gasteiger partial charge in [-0.2, -0.15) is 0 Å². The largest absolute Gasteiger partial charge is 0.444 e. The smallest absolute Gasteiger partial charge is 0.410 e. The third-order valence-corrected chi connectivity index (χ3v) is 7.65. The molecule has 0 spiro atoms. The molecule has 1 N–H and O–H groups in total. The average molecular weight is 533 g/mol. The van der Waals surface area contributed by atoms with Gasteiger partial charge in [-0.25, -0.2) is 4.79 Å². The number of halogens is 4. The van der Waals surface area contributed by atoms with E-state index in [9.17, 15) is 9.90 Å². The highest BCUT2D eigenvalue weighted by molar-refractivity contribution is 6.42. The van der Waals surface area contributed by atoms with Crippen molar-refractivity contribution < 1.29 is 14.6 Å². The minimum absolute atomic E-state index is 0.312. The maximum Gasteiger partial charge on any atom is 0.410 e. The molecule has 2 aromatic rings. The standard InChI is InChI=1S/C25H29Cl4NO3/c1-5-10-24(11-12-30(15-24)22(31)33-23(2,3)4)25(32,16-6-8-18(26)20(28)13-16)17-7-9-19(27)21(29)14-17/h6-9,13-14,32H,5,10-12,15H2,1-4H3/t24-/m0/s1. The van der Waals surface area contributed by atoms with Crippen LogP contribution in [0.2, 0.25) is 20.1 Å². The summed E-state index contributed by atoms with van der Waals surface area (Å²) in [6.07, 6.45) is 1.62. The molecule has 1 fully saturated rings. The molecule has 0 unspecified atom stereocenters. The summed E-state index contributed by atoms with van der Waals surface area (Å²) < 4.78 is 5.62. The second kappa shape index (κ2) is 9.83. The number of benzene rings is 2. The topological polar surface area (TPSA) is 49.8 Å². The van der Waals surface area contributed by atoms with Gasteiger partial charge in [-0.05, 0) is 69.0 Å². The van der Waals surface area contributed by atoms with Gasteiger partial charge in [0.15, 0.2) is 0 Å². The van der Waals surface area contributed by atoms with E-state index in [1.165, 1.54) is 0 Å². The Morgan fingerprint density at radius 3 is 1.94 bits per heavy atom. The number of carbonyl (C=O) groups is 1. The molecule has 1 heterocycles. The Balaban J connectivity index is 2.17. The van der Waals surface area contributed by atoms with Crippen LogP contribution >= 0.6 is 46.4 Å². The predicted molar refractivity (Wildman–Crippen MR) is 136 cm³/mol. The third-order valence-electron chi connectivity index (χ3n) is 6.18. The first-order valence-electron chi connectivity index (χ1n) is 10.9. The highest BCUT2D eigenvalue weighted by Gasteiger charge is 2.56. The summed E-state index contributed by atoms with van der Waals surface area (Å²) in [7, 11) is 0. The van der Waals surface area contributed by atoms with Crippen LogP contribution in [0.5, 0.6) is 0 Å². The van der Waals surface area contributed by atoms with Crippen molar-refractivity contribution in [3.8, 4) is 0 Å². The van der Waals surface area contributed by atoms with E-state index >= 15 is 0 Å². The van der Waals surface area contributed by atoms with Crippen LogP contribution < -0.4 is 0 Å². The Morgan fingerprint density at radius 1 is 1.00 bits per heavy atom. The van der Waals surface area contributed by atoms with E-state index in [0.29, 0.717) is 57.1 Å².